The summed E-state index contributed by atoms with van der Waals surface area (Å²) in [4.78, 5) is 6.88. The molecule has 19 heavy (non-hydrogen) atoms. The predicted octanol–water partition coefficient (Wildman–Crippen LogP) is 2.87. The first-order valence-electron chi connectivity index (χ1n) is 6.76. The second kappa shape index (κ2) is 5.13. The van der Waals surface area contributed by atoms with E-state index in [2.05, 4.69) is 43.5 Å². The lowest BCUT2D eigenvalue weighted by molar-refractivity contribution is 0.169. The number of piperidine rings is 1. The Hall–Kier alpha value is -1.07. The Balaban J connectivity index is 1.95. The highest BCUT2D eigenvalue weighted by atomic mass is 79.9. The van der Waals surface area contributed by atoms with Crippen molar-refractivity contribution < 1.29 is 0 Å². The first-order valence-corrected chi connectivity index (χ1v) is 7.56. The van der Waals surface area contributed by atoms with Crippen LogP contribution in [0, 0.1) is 0 Å². The number of likely N-dealkylation sites (N-methyl/N-ethyl adjacent to an activating group) is 1. The van der Waals surface area contributed by atoms with E-state index in [0.717, 1.165) is 22.1 Å². The fourth-order valence-electron chi connectivity index (χ4n) is 2.89. The topological polar surface area (TPSA) is 47.1 Å². The van der Waals surface area contributed by atoms with E-state index < -0.39 is 0 Å². The number of fused-ring (bicyclic) bond motifs is 1. The number of aromatic nitrogens is 2. The zero-order valence-corrected chi connectivity index (χ0v) is 12.7. The molecule has 0 bridgehead atoms. The molecule has 1 fully saturated rings. The Morgan fingerprint density at radius 2 is 2.26 bits per heavy atom. The van der Waals surface area contributed by atoms with Crippen LogP contribution < -0.4 is 5.73 Å². The molecule has 1 aromatic heterocycles. The van der Waals surface area contributed by atoms with Crippen LogP contribution in [-0.4, -0.2) is 34.1 Å². The molecule has 2 aromatic rings. The van der Waals surface area contributed by atoms with E-state index in [1.807, 2.05) is 12.1 Å². The maximum atomic E-state index is 6.08. The van der Waals surface area contributed by atoms with Crippen LogP contribution in [0.1, 0.15) is 19.3 Å². The second-order valence-corrected chi connectivity index (χ2v) is 6.26. The van der Waals surface area contributed by atoms with Crippen molar-refractivity contribution in [2.24, 2.45) is 0 Å². The SMILES string of the molecule is CN1CCCCC1Cn1c(N)nc2ccc(Br)cc21. The number of anilines is 1. The summed E-state index contributed by atoms with van der Waals surface area (Å²) in [6, 6.07) is 6.68. The monoisotopic (exact) mass is 322 g/mol. The number of likely N-dealkylation sites (tertiary alicyclic amines) is 1. The Bertz CT molecular complexity index is 592. The first kappa shape index (κ1) is 12.9. The van der Waals surface area contributed by atoms with Crippen LogP contribution in [0.15, 0.2) is 22.7 Å². The Kier molecular flexibility index (Phi) is 3.50. The Morgan fingerprint density at radius 3 is 3.05 bits per heavy atom. The summed E-state index contributed by atoms with van der Waals surface area (Å²) in [5.41, 5.74) is 8.17. The number of nitrogens with two attached hydrogens (primary N) is 1. The molecular formula is C14H19BrN4. The van der Waals surface area contributed by atoms with Gasteiger partial charge in [-0.25, -0.2) is 4.98 Å². The molecule has 1 aliphatic rings. The minimum atomic E-state index is 0.562. The summed E-state index contributed by atoms with van der Waals surface area (Å²) in [5, 5.41) is 0. The molecule has 3 rings (SSSR count). The zero-order chi connectivity index (χ0) is 13.4. The largest absolute Gasteiger partial charge is 0.369 e. The lowest BCUT2D eigenvalue weighted by Gasteiger charge is -2.32. The van der Waals surface area contributed by atoms with Gasteiger partial charge in [-0.05, 0) is 44.6 Å². The van der Waals surface area contributed by atoms with Gasteiger partial charge in [-0.3, -0.25) is 0 Å². The van der Waals surface area contributed by atoms with Crippen molar-refractivity contribution in [1.29, 1.82) is 0 Å². The minimum absolute atomic E-state index is 0.562. The van der Waals surface area contributed by atoms with Gasteiger partial charge < -0.3 is 15.2 Å². The molecule has 0 saturated carbocycles. The van der Waals surface area contributed by atoms with Gasteiger partial charge in [0.15, 0.2) is 0 Å². The van der Waals surface area contributed by atoms with E-state index in [4.69, 9.17) is 5.73 Å². The lowest BCUT2D eigenvalue weighted by Crippen LogP contribution is -2.39. The van der Waals surface area contributed by atoms with Gasteiger partial charge in [0.1, 0.15) is 0 Å². The van der Waals surface area contributed by atoms with Crippen molar-refractivity contribution in [2.75, 3.05) is 19.3 Å². The van der Waals surface area contributed by atoms with Crippen molar-refractivity contribution in [2.45, 2.75) is 31.8 Å². The maximum absolute atomic E-state index is 6.08. The summed E-state index contributed by atoms with van der Waals surface area (Å²) in [6.45, 7) is 2.11. The Labute approximate surface area is 121 Å². The van der Waals surface area contributed by atoms with Crippen molar-refractivity contribution in [3.05, 3.63) is 22.7 Å². The number of benzene rings is 1. The molecule has 1 atom stereocenters. The molecular weight excluding hydrogens is 304 g/mol. The van der Waals surface area contributed by atoms with E-state index in [1.54, 1.807) is 0 Å². The van der Waals surface area contributed by atoms with Crippen molar-refractivity contribution in [1.82, 2.24) is 14.5 Å². The highest BCUT2D eigenvalue weighted by Gasteiger charge is 2.21. The van der Waals surface area contributed by atoms with Gasteiger partial charge >= 0.3 is 0 Å². The molecule has 0 radical (unpaired) electrons. The zero-order valence-electron chi connectivity index (χ0n) is 11.1. The third-order valence-corrected chi connectivity index (χ3v) is 4.55. The maximum Gasteiger partial charge on any atom is 0.201 e. The van der Waals surface area contributed by atoms with Crippen LogP contribution in [0.2, 0.25) is 0 Å². The Morgan fingerprint density at radius 1 is 1.42 bits per heavy atom. The van der Waals surface area contributed by atoms with Gasteiger partial charge in [-0.15, -0.1) is 0 Å². The third kappa shape index (κ3) is 2.49. The van der Waals surface area contributed by atoms with Gasteiger partial charge in [0.05, 0.1) is 11.0 Å². The number of rotatable bonds is 2. The van der Waals surface area contributed by atoms with Gasteiger partial charge in [0, 0.05) is 17.1 Å². The molecule has 0 spiro atoms. The molecule has 0 aliphatic carbocycles. The quantitative estimate of drug-likeness (QED) is 0.924. The van der Waals surface area contributed by atoms with Crippen LogP contribution >= 0.6 is 15.9 Å². The average molecular weight is 323 g/mol. The van der Waals surface area contributed by atoms with Crippen LogP contribution in [0.25, 0.3) is 11.0 Å². The van der Waals surface area contributed by atoms with Crippen molar-refractivity contribution in [3.8, 4) is 0 Å². The molecule has 1 unspecified atom stereocenters. The molecule has 1 aromatic carbocycles. The van der Waals surface area contributed by atoms with Crippen LogP contribution in [-0.2, 0) is 6.54 Å². The number of halogens is 1. The van der Waals surface area contributed by atoms with Crippen molar-refractivity contribution >= 4 is 32.9 Å². The van der Waals surface area contributed by atoms with Gasteiger partial charge in [-0.1, -0.05) is 22.4 Å². The standard InChI is InChI=1S/C14H19BrN4/c1-18-7-3-2-4-11(18)9-19-13-8-10(15)5-6-12(13)17-14(19)16/h5-6,8,11H,2-4,7,9H2,1H3,(H2,16,17). The van der Waals surface area contributed by atoms with E-state index in [0.29, 0.717) is 12.0 Å². The molecule has 2 N–H and O–H groups in total. The second-order valence-electron chi connectivity index (χ2n) is 5.34. The summed E-state index contributed by atoms with van der Waals surface area (Å²) in [6.07, 6.45) is 3.85. The number of hydrogen-bond donors (Lipinski definition) is 1. The lowest BCUT2D eigenvalue weighted by atomic mass is 10.0. The number of nitrogens with zero attached hydrogens (tertiary/aromatic N) is 3. The van der Waals surface area contributed by atoms with Crippen LogP contribution in [0.3, 0.4) is 0 Å². The fraction of sp³-hybridized carbons (Fsp3) is 0.500. The van der Waals surface area contributed by atoms with Gasteiger partial charge in [0.2, 0.25) is 5.95 Å². The highest BCUT2D eigenvalue weighted by molar-refractivity contribution is 9.10. The van der Waals surface area contributed by atoms with E-state index >= 15 is 0 Å². The van der Waals surface area contributed by atoms with Crippen LogP contribution in [0.4, 0.5) is 5.95 Å². The first-order chi connectivity index (χ1) is 9.15. The summed E-state index contributed by atoms with van der Waals surface area (Å²) in [5.74, 6) is 0.618. The van der Waals surface area contributed by atoms with E-state index in [9.17, 15) is 0 Å². The number of hydrogen-bond acceptors (Lipinski definition) is 3. The average Bonchev–Trinajstić information content (AvgIpc) is 2.69. The minimum Gasteiger partial charge on any atom is -0.369 e. The van der Waals surface area contributed by atoms with E-state index in [1.165, 1.54) is 25.8 Å². The summed E-state index contributed by atoms with van der Waals surface area (Å²) >= 11 is 3.52. The normalized spacial score (nSPS) is 21.1. The molecule has 4 nitrogen and oxygen atoms in total. The van der Waals surface area contributed by atoms with Gasteiger partial charge in [0.25, 0.3) is 0 Å². The fourth-order valence-corrected chi connectivity index (χ4v) is 3.24. The summed E-state index contributed by atoms with van der Waals surface area (Å²) in [7, 11) is 2.20. The molecule has 1 saturated heterocycles. The smallest absolute Gasteiger partial charge is 0.201 e. The van der Waals surface area contributed by atoms with E-state index in [-0.39, 0.29) is 0 Å². The molecule has 102 valence electrons. The molecule has 0 amide bonds. The van der Waals surface area contributed by atoms with Crippen LogP contribution in [0.5, 0.6) is 0 Å². The number of imidazole rings is 1. The summed E-state index contributed by atoms with van der Waals surface area (Å²) < 4.78 is 3.21. The molecule has 1 aliphatic heterocycles. The molecule has 2 heterocycles. The molecule has 5 heteroatoms. The third-order valence-electron chi connectivity index (χ3n) is 4.05. The highest BCUT2D eigenvalue weighted by Crippen LogP contribution is 2.25. The van der Waals surface area contributed by atoms with Crippen molar-refractivity contribution in [3.63, 3.8) is 0 Å². The number of nitrogen functional groups attached to an aromatic ring is 1. The van der Waals surface area contributed by atoms with Gasteiger partial charge in [-0.2, -0.15) is 0 Å². The predicted molar refractivity (Wildman–Crippen MR) is 82.1 cm³/mol.